The molecule has 0 unspecified atom stereocenters. The molecule has 2 atom stereocenters. The minimum absolute atomic E-state index is 0.183. The number of hydrogen-bond donors (Lipinski definition) is 0. The largest absolute Gasteiger partial charge is 0.500 e. The summed E-state index contributed by atoms with van der Waals surface area (Å²) in [7, 11) is 4.47. The van der Waals surface area contributed by atoms with Crippen LogP contribution in [0.1, 0.15) is 23.2 Å². The fourth-order valence-corrected chi connectivity index (χ4v) is 4.73. The van der Waals surface area contributed by atoms with E-state index in [1.165, 1.54) is 25.9 Å². The van der Waals surface area contributed by atoms with Gasteiger partial charge in [0.15, 0.2) is 0 Å². The van der Waals surface area contributed by atoms with E-state index in [1.807, 2.05) is 48.0 Å². The summed E-state index contributed by atoms with van der Waals surface area (Å²) >= 11 is 3.20. The normalized spacial score (nSPS) is 13.8. The molecule has 0 aliphatic carbocycles. The van der Waals surface area contributed by atoms with Gasteiger partial charge >= 0.3 is 5.97 Å². The number of benzene rings is 1. The van der Waals surface area contributed by atoms with E-state index < -0.39 is 5.97 Å². The lowest BCUT2D eigenvalue weighted by molar-refractivity contribution is -0.135. The minimum Gasteiger partial charge on any atom is -0.500 e. The topological polar surface area (TPSA) is 70.5 Å². The summed E-state index contributed by atoms with van der Waals surface area (Å²) in [6.45, 7) is 1.92. The van der Waals surface area contributed by atoms with Crippen LogP contribution >= 0.6 is 22.7 Å². The smallest absolute Gasteiger partial charge is 0.333 e. The van der Waals surface area contributed by atoms with Crippen molar-refractivity contribution in [1.29, 1.82) is 0 Å². The van der Waals surface area contributed by atoms with Crippen LogP contribution in [0.5, 0.6) is 0 Å². The van der Waals surface area contributed by atoms with Crippen LogP contribution < -0.4 is 0 Å². The summed E-state index contributed by atoms with van der Waals surface area (Å²) in [6, 6.07) is 10.3. The molecule has 1 aromatic carbocycles. The predicted molar refractivity (Wildman–Crippen MR) is 129 cm³/mol. The highest BCUT2D eigenvalue weighted by Gasteiger charge is 2.20. The fraction of sp³-hybridized carbons (Fsp3) is 0.292. The summed E-state index contributed by atoms with van der Waals surface area (Å²) < 4.78 is 15.6. The molecule has 0 amide bonds. The van der Waals surface area contributed by atoms with E-state index in [1.54, 1.807) is 29.8 Å². The zero-order chi connectivity index (χ0) is 22.9. The Hall–Kier alpha value is -2.81. The number of hydrogen-bond acceptors (Lipinski definition) is 8. The Morgan fingerprint density at radius 2 is 1.84 bits per heavy atom. The molecule has 32 heavy (non-hydrogen) atoms. The molecule has 0 saturated heterocycles. The average Bonchev–Trinajstić information content (AvgIpc) is 3.47. The summed E-state index contributed by atoms with van der Waals surface area (Å²) in [6.07, 6.45) is 5.68. The zero-order valence-electron chi connectivity index (χ0n) is 18.5. The van der Waals surface area contributed by atoms with Crippen LogP contribution in [0.2, 0.25) is 0 Å². The highest BCUT2D eigenvalue weighted by atomic mass is 32.1. The average molecular weight is 471 g/mol. The van der Waals surface area contributed by atoms with Crippen molar-refractivity contribution >= 4 is 34.7 Å². The first-order valence-electron chi connectivity index (χ1n) is 10.0. The maximum absolute atomic E-state index is 11.6. The second-order valence-corrected chi connectivity index (χ2v) is 8.79. The van der Waals surface area contributed by atoms with Crippen molar-refractivity contribution in [2.75, 3.05) is 21.3 Å². The number of aromatic nitrogens is 2. The molecular weight excluding hydrogens is 444 g/mol. The second-order valence-electron chi connectivity index (χ2n) is 6.99. The zero-order valence-corrected chi connectivity index (χ0v) is 20.1. The quantitative estimate of drug-likeness (QED) is 0.230. The number of thiazole rings is 2. The molecule has 2 aromatic heterocycles. The molecule has 3 rings (SSSR count). The van der Waals surface area contributed by atoms with Crippen LogP contribution in [0.4, 0.5) is 0 Å². The summed E-state index contributed by atoms with van der Waals surface area (Å²) in [5.74, 6) is -0.162. The second kappa shape index (κ2) is 11.7. The third-order valence-electron chi connectivity index (χ3n) is 4.86. The van der Waals surface area contributed by atoms with Gasteiger partial charge in [0.25, 0.3) is 0 Å². The lowest BCUT2D eigenvalue weighted by atomic mass is 10.0. The molecule has 3 aromatic rings. The van der Waals surface area contributed by atoms with Gasteiger partial charge in [-0.3, -0.25) is 0 Å². The van der Waals surface area contributed by atoms with Gasteiger partial charge in [-0.25, -0.2) is 14.8 Å². The molecule has 0 bridgehead atoms. The molecule has 0 spiro atoms. The van der Waals surface area contributed by atoms with E-state index in [4.69, 9.17) is 19.4 Å². The molecule has 0 saturated carbocycles. The molecule has 8 heteroatoms. The van der Waals surface area contributed by atoms with E-state index in [-0.39, 0.29) is 12.0 Å². The fourth-order valence-electron chi connectivity index (χ4n) is 3.10. The van der Waals surface area contributed by atoms with E-state index in [9.17, 15) is 4.79 Å². The highest BCUT2D eigenvalue weighted by Crippen LogP contribution is 2.27. The molecule has 0 N–H and O–H groups in total. The molecule has 6 nitrogen and oxygen atoms in total. The van der Waals surface area contributed by atoms with Gasteiger partial charge in [-0.2, -0.15) is 0 Å². The van der Waals surface area contributed by atoms with Gasteiger partial charge in [0.1, 0.15) is 16.5 Å². The molecule has 168 valence electrons. The van der Waals surface area contributed by atoms with Gasteiger partial charge in [-0.1, -0.05) is 43.3 Å². The number of carbonyl (C=O) groups is 1. The Morgan fingerprint density at radius 1 is 1.06 bits per heavy atom. The lowest BCUT2D eigenvalue weighted by Crippen LogP contribution is -2.21. The lowest BCUT2D eigenvalue weighted by Gasteiger charge is -2.21. The van der Waals surface area contributed by atoms with Gasteiger partial charge in [-0.15, -0.1) is 22.7 Å². The van der Waals surface area contributed by atoms with E-state index in [0.29, 0.717) is 5.76 Å². The van der Waals surface area contributed by atoms with Crippen molar-refractivity contribution in [2.45, 2.75) is 19.4 Å². The number of carbonyl (C=O) groups excluding carboxylic acids is 1. The van der Waals surface area contributed by atoms with Crippen molar-refractivity contribution in [3.05, 3.63) is 75.3 Å². The van der Waals surface area contributed by atoms with Gasteiger partial charge < -0.3 is 14.2 Å². The van der Waals surface area contributed by atoms with Gasteiger partial charge in [0.2, 0.25) is 0 Å². The Morgan fingerprint density at radius 3 is 2.53 bits per heavy atom. The summed E-state index contributed by atoms with van der Waals surface area (Å²) in [4.78, 5) is 21.0. The van der Waals surface area contributed by atoms with E-state index in [2.05, 4.69) is 16.9 Å². The maximum Gasteiger partial charge on any atom is 0.333 e. The first-order valence-corrected chi connectivity index (χ1v) is 11.8. The van der Waals surface area contributed by atoms with Crippen molar-refractivity contribution in [2.24, 2.45) is 5.92 Å². The number of nitrogens with zero attached hydrogens (tertiary/aromatic N) is 2. The third kappa shape index (κ3) is 6.35. The number of methoxy groups -OCH3 is 3. The monoisotopic (exact) mass is 470 g/mol. The van der Waals surface area contributed by atoms with Crippen molar-refractivity contribution in [3.63, 3.8) is 0 Å². The van der Waals surface area contributed by atoms with Crippen LogP contribution in [-0.2, 0) is 25.4 Å². The van der Waals surface area contributed by atoms with Crippen molar-refractivity contribution < 1.29 is 19.0 Å². The SMILES string of the molecule is COC(=O)/C=C(\OC)[C@H](C)[C@H](/C=C/c1csc(-c2csc(Cc3ccccc3)n2)n1)OC. The summed E-state index contributed by atoms with van der Waals surface area (Å²) in [5, 5.41) is 5.98. The van der Waals surface area contributed by atoms with Crippen LogP contribution in [0.25, 0.3) is 16.8 Å². The molecule has 2 heterocycles. The Bertz CT molecular complexity index is 1070. The van der Waals surface area contributed by atoms with E-state index >= 15 is 0 Å². The molecule has 0 fully saturated rings. The Kier molecular flexibility index (Phi) is 8.72. The molecule has 0 radical (unpaired) electrons. The van der Waals surface area contributed by atoms with E-state index in [0.717, 1.165) is 27.8 Å². The van der Waals surface area contributed by atoms with Crippen LogP contribution in [-0.4, -0.2) is 43.4 Å². The molecular formula is C24H26N2O4S2. The van der Waals surface area contributed by atoms with Crippen LogP contribution in [0.15, 0.2) is 59.0 Å². The minimum atomic E-state index is -0.466. The Labute approximate surface area is 196 Å². The van der Waals surface area contributed by atoms with Gasteiger partial charge in [-0.05, 0) is 11.6 Å². The number of ether oxygens (including phenoxy) is 3. The third-order valence-corrected chi connectivity index (χ3v) is 6.59. The first kappa shape index (κ1) is 23.8. The maximum atomic E-state index is 11.6. The van der Waals surface area contributed by atoms with Gasteiger partial charge in [0.05, 0.1) is 37.1 Å². The van der Waals surface area contributed by atoms with Gasteiger partial charge in [0, 0.05) is 30.2 Å². The molecule has 0 aliphatic heterocycles. The van der Waals surface area contributed by atoms with Crippen LogP contribution in [0, 0.1) is 5.92 Å². The molecule has 0 aliphatic rings. The van der Waals surface area contributed by atoms with Crippen molar-refractivity contribution in [1.82, 2.24) is 9.97 Å². The number of esters is 1. The van der Waals surface area contributed by atoms with Crippen molar-refractivity contribution in [3.8, 4) is 10.7 Å². The standard InChI is InChI=1S/C24H26N2O4S2/c1-16(21(29-3)13-23(27)30-4)20(28-2)11-10-18-14-32-24(25-18)19-15-31-22(26-19)12-17-8-6-5-7-9-17/h5-11,13-16,20H,12H2,1-4H3/b11-10+,21-13-/t16-,20+/m1/s1. The first-order chi connectivity index (χ1) is 15.5. The van der Waals surface area contributed by atoms with Crippen LogP contribution in [0.3, 0.4) is 0 Å². The number of rotatable bonds is 10. The Balaban J connectivity index is 1.68. The highest BCUT2D eigenvalue weighted by molar-refractivity contribution is 7.14. The summed E-state index contributed by atoms with van der Waals surface area (Å²) in [5.41, 5.74) is 2.96. The predicted octanol–water partition coefficient (Wildman–Crippen LogP) is 5.23.